The summed E-state index contributed by atoms with van der Waals surface area (Å²) < 4.78 is 0. The van der Waals surface area contributed by atoms with E-state index in [9.17, 15) is 0 Å². The van der Waals surface area contributed by atoms with E-state index in [2.05, 4.69) is 0 Å². The highest BCUT2D eigenvalue weighted by atomic mass is 35.5. The fourth-order valence-electron chi connectivity index (χ4n) is 1.30. The summed E-state index contributed by atoms with van der Waals surface area (Å²) in [5, 5.41) is 9.65. The molecule has 0 bridgehead atoms. The molecule has 0 heterocycles. The van der Waals surface area contributed by atoms with Gasteiger partial charge < -0.3 is 10.8 Å². The highest BCUT2D eigenvalue weighted by Gasteiger charge is 2.08. The first-order valence-electron chi connectivity index (χ1n) is 4.19. The van der Waals surface area contributed by atoms with Crippen LogP contribution in [-0.4, -0.2) is 11.7 Å². The van der Waals surface area contributed by atoms with Crippen LogP contribution in [0.1, 0.15) is 22.7 Å². The number of rotatable bonds is 2. The van der Waals surface area contributed by atoms with E-state index in [1.165, 1.54) is 0 Å². The Hall–Kier alpha value is -0.570. The number of aryl methyl sites for hydroxylation is 2. The molecule has 0 amide bonds. The average Bonchev–Trinajstić information content (AvgIpc) is 2.12. The molecule has 0 fully saturated rings. The zero-order valence-electron chi connectivity index (χ0n) is 7.84. The molecule has 0 spiro atoms. The molecule has 0 aliphatic heterocycles. The molecule has 0 saturated carbocycles. The van der Waals surface area contributed by atoms with Crippen LogP contribution in [0.25, 0.3) is 0 Å². The van der Waals surface area contributed by atoms with E-state index >= 15 is 0 Å². The van der Waals surface area contributed by atoms with Gasteiger partial charge in [-0.1, -0.05) is 23.7 Å². The monoisotopic (exact) mass is 199 g/mol. The van der Waals surface area contributed by atoms with Crippen LogP contribution in [0.3, 0.4) is 0 Å². The first kappa shape index (κ1) is 10.5. The first-order chi connectivity index (χ1) is 6.06. The number of hydrogen-bond donors (Lipinski definition) is 2. The molecule has 72 valence electrons. The molecule has 0 radical (unpaired) electrons. The second kappa shape index (κ2) is 4.09. The maximum Gasteiger partial charge on any atom is 0.0624 e. The van der Waals surface area contributed by atoms with Gasteiger partial charge in [-0.05, 0) is 30.5 Å². The van der Waals surface area contributed by atoms with E-state index in [1.54, 1.807) is 0 Å². The van der Waals surface area contributed by atoms with Crippen LogP contribution in [0, 0.1) is 13.8 Å². The molecule has 3 N–H and O–H groups in total. The highest BCUT2D eigenvalue weighted by Crippen LogP contribution is 2.24. The fraction of sp³-hybridized carbons (Fsp3) is 0.400. The van der Waals surface area contributed by atoms with Crippen molar-refractivity contribution in [2.75, 3.05) is 6.61 Å². The number of hydrogen-bond acceptors (Lipinski definition) is 2. The van der Waals surface area contributed by atoms with Crippen molar-refractivity contribution in [3.8, 4) is 0 Å². The van der Waals surface area contributed by atoms with Crippen LogP contribution < -0.4 is 5.73 Å². The molecule has 0 aromatic heterocycles. The van der Waals surface area contributed by atoms with Gasteiger partial charge in [-0.15, -0.1) is 0 Å². The van der Waals surface area contributed by atoms with Crippen LogP contribution in [0.4, 0.5) is 0 Å². The molecule has 0 saturated heterocycles. The second-order valence-corrected chi connectivity index (χ2v) is 3.64. The third-order valence-corrected chi connectivity index (χ3v) is 2.68. The zero-order valence-corrected chi connectivity index (χ0v) is 8.60. The maximum atomic E-state index is 8.88. The SMILES string of the molecule is Cc1cc([C@H](N)CO)cc(C)c1Cl. The van der Waals surface area contributed by atoms with Gasteiger partial charge in [0.05, 0.1) is 12.6 Å². The Morgan fingerprint density at radius 3 is 2.23 bits per heavy atom. The zero-order chi connectivity index (χ0) is 10.0. The summed E-state index contributed by atoms with van der Waals surface area (Å²) in [5.74, 6) is 0. The molecular weight excluding hydrogens is 186 g/mol. The standard InChI is InChI=1S/C10H14ClNO/c1-6-3-8(9(12)5-13)4-7(2)10(6)11/h3-4,9,13H,5,12H2,1-2H3/t9-/m1/s1. The van der Waals surface area contributed by atoms with E-state index in [4.69, 9.17) is 22.4 Å². The fourth-order valence-corrected chi connectivity index (χ4v) is 1.41. The Labute approximate surface area is 83.3 Å². The van der Waals surface area contributed by atoms with Crippen molar-refractivity contribution >= 4 is 11.6 Å². The molecule has 1 aromatic carbocycles. The number of nitrogens with two attached hydrogens (primary N) is 1. The maximum absolute atomic E-state index is 8.88. The summed E-state index contributed by atoms with van der Waals surface area (Å²) in [6.07, 6.45) is 0. The molecule has 1 atom stereocenters. The van der Waals surface area contributed by atoms with Crippen molar-refractivity contribution in [3.63, 3.8) is 0 Å². The van der Waals surface area contributed by atoms with Crippen LogP contribution in [0.5, 0.6) is 0 Å². The van der Waals surface area contributed by atoms with Crippen molar-refractivity contribution in [1.29, 1.82) is 0 Å². The third kappa shape index (κ3) is 2.21. The molecule has 13 heavy (non-hydrogen) atoms. The van der Waals surface area contributed by atoms with E-state index < -0.39 is 0 Å². The van der Waals surface area contributed by atoms with Gasteiger partial charge >= 0.3 is 0 Å². The largest absolute Gasteiger partial charge is 0.394 e. The van der Waals surface area contributed by atoms with Gasteiger partial charge in [0, 0.05) is 5.02 Å². The third-order valence-electron chi connectivity index (χ3n) is 2.08. The van der Waals surface area contributed by atoms with Gasteiger partial charge in [0.25, 0.3) is 0 Å². The number of aliphatic hydroxyl groups excluding tert-OH is 1. The van der Waals surface area contributed by atoms with E-state index in [0.717, 1.165) is 21.7 Å². The predicted octanol–water partition coefficient (Wildman–Crippen LogP) is 1.95. The van der Waals surface area contributed by atoms with Crippen LogP contribution in [0.15, 0.2) is 12.1 Å². The average molecular weight is 200 g/mol. The van der Waals surface area contributed by atoms with Crippen molar-refractivity contribution in [3.05, 3.63) is 33.8 Å². The van der Waals surface area contributed by atoms with Crippen LogP contribution >= 0.6 is 11.6 Å². The lowest BCUT2D eigenvalue weighted by molar-refractivity contribution is 0.268. The Kier molecular flexibility index (Phi) is 3.31. The minimum Gasteiger partial charge on any atom is -0.394 e. The lowest BCUT2D eigenvalue weighted by Crippen LogP contribution is -2.14. The number of benzene rings is 1. The number of halogens is 1. The van der Waals surface area contributed by atoms with Crippen molar-refractivity contribution < 1.29 is 5.11 Å². The van der Waals surface area contributed by atoms with Gasteiger partial charge in [0.2, 0.25) is 0 Å². The Bertz CT molecular complexity index is 289. The molecule has 3 heteroatoms. The van der Waals surface area contributed by atoms with Gasteiger partial charge in [0.15, 0.2) is 0 Å². The Morgan fingerprint density at radius 1 is 1.38 bits per heavy atom. The Morgan fingerprint density at radius 2 is 1.85 bits per heavy atom. The van der Waals surface area contributed by atoms with Crippen LogP contribution in [0.2, 0.25) is 5.02 Å². The number of aliphatic hydroxyl groups is 1. The molecule has 1 aromatic rings. The summed E-state index contributed by atoms with van der Waals surface area (Å²) in [6, 6.07) is 3.52. The van der Waals surface area contributed by atoms with Gasteiger partial charge in [-0.25, -0.2) is 0 Å². The van der Waals surface area contributed by atoms with E-state index in [1.807, 2.05) is 26.0 Å². The lowest BCUT2D eigenvalue weighted by Gasteiger charge is -2.12. The smallest absolute Gasteiger partial charge is 0.0624 e. The lowest BCUT2D eigenvalue weighted by atomic mass is 10.0. The van der Waals surface area contributed by atoms with Gasteiger partial charge in [0.1, 0.15) is 0 Å². The summed E-state index contributed by atoms with van der Waals surface area (Å²) in [6.45, 7) is 3.83. The van der Waals surface area contributed by atoms with Crippen molar-refractivity contribution in [1.82, 2.24) is 0 Å². The molecule has 0 unspecified atom stereocenters. The van der Waals surface area contributed by atoms with E-state index in [-0.39, 0.29) is 12.6 Å². The quantitative estimate of drug-likeness (QED) is 0.765. The summed E-state index contributed by atoms with van der Waals surface area (Å²) >= 11 is 5.99. The van der Waals surface area contributed by atoms with Crippen molar-refractivity contribution in [2.24, 2.45) is 5.73 Å². The molecular formula is C10H14ClNO. The highest BCUT2D eigenvalue weighted by molar-refractivity contribution is 6.32. The predicted molar refractivity (Wildman–Crippen MR) is 54.9 cm³/mol. The van der Waals surface area contributed by atoms with Gasteiger partial charge in [-0.2, -0.15) is 0 Å². The normalized spacial score (nSPS) is 13.0. The molecule has 1 rings (SSSR count). The van der Waals surface area contributed by atoms with Crippen molar-refractivity contribution in [2.45, 2.75) is 19.9 Å². The second-order valence-electron chi connectivity index (χ2n) is 3.26. The first-order valence-corrected chi connectivity index (χ1v) is 4.57. The molecule has 2 nitrogen and oxygen atoms in total. The summed E-state index contributed by atoms with van der Waals surface area (Å²) in [7, 11) is 0. The van der Waals surface area contributed by atoms with E-state index in [0.29, 0.717) is 0 Å². The topological polar surface area (TPSA) is 46.2 Å². The minimum atomic E-state index is -0.310. The minimum absolute atomic E-state index is 0.0412. The Balaban J connectivity index is 3.13. The molecule has 0 aliphatic carbocycles. The van der Waals surface area contributed by atoms with Gasteiger partial charge in [-0.3, -0.25) is 0 Å². The van der Waals surface area contributed by atoms with Crippen LogP contribution in [-0.2, 0) is 0 Å². The molecule has 0 aliphatic rings. The summed E-state index contributed by atoms with van der Waals surface area (Å²) in [4.78, 5) is 0. The summed E-state index contributed by atoms with van der Waals surface area (Å²) in [5.41, 5.74) is 8.62.